The van der Waals surface area contributed by atoms with Crippen molar-refractivity contribution in [3.05, 3.63) is 29.1 Å². The van der Waals surface area contributed by atoms with E-state index in [4.69, 9.17) is 10.2 Å². The van der Waals surface area contributed by atoms with E-state index in [-0.39, 0.29) is 18.9 Å². The number of phenolic OH excluding ortho intramolecular Hbond substituents is 1. The lowest BCUT2D eigenvalue weighted by Crippen LogP contribution is -2.23. The van der Waals surface area contributed by atoms with Gasteiger partial charge in [-0.25, -0.2) is 13.2 Å². The fourth-order valence-corrected chi connectivity index (χ4v) is 1.71. The second-order valence-electron chi connectivity index (χ2n) is 3.77. The highest BCUT2D eigenvalue weighted by atomic mass is 19.2. The van der Waals surface area contributed by atoms with Crippen LogP contribution in [0.25, 0.3) is 0 Å². The van der Waals surface area contributed by atoms with Crippen LogP contribution in [0.15, 0.2) is 6.07 Å². The minimum absolute atomic E-state index is 0.0269. The van der Waals surface area contributed by atoms with Crippen molar-refractivity contribution in [2.45, 2.75) is 18.3 Å². The van der Waals surface area contributed by atoms with Gasteiger partial charge in [-0.05, 0) is 12.8 Å². The molecule has 0 bridgehead atoms. The molecule has 0 aliphatic heterocycles. The molecule has 1 aliphatic carbocycles. The van der Waals surface area contributed by atoms with E-state index in [1.54, 1.807) is 0 Å². The third-order valence-corrected chi connectivity index (χ3v) is 2.77. The van der Waals surface area contributed by atoms with Gasteiger partial charge in [-0.3, -0.25) is 4.79 Å². The highest BCUT2D eigenvalue weighted by molar-refractivity contribution is 5.85. The lowest BCUT2D eigenvalue weighted by Gasteiger charge is -2.13. The van der Waals surface area contributed by atoms with Crippen molar-refractivity contribution >= 4 is 5.97 Å². The first-order chi connectivity index (χ1) is 7.40. The number of hydrogen-bond donors (Lipinski definition) is 2. The molecule has 0 unspecified atom stereocenters. The maximum atomic E-state index is 13.4. The number of carboxylic acid groups (broad SMARTS) is 1. The Morgan fingerprint density at radius 3 is 2.25 bits per heavy atom. The zero-order valence-corrected chi connectivity index (χ0v) is 7.93. The van der Waals surface area contributed by atoms with Crippen LogP contribution in [0.1, 0.15) is 18.4 Å². The van der Waals surface area contributed by atoms with Gasteiger partial charge in [-0.2, -0.15) is 0 Å². The summed E-state index contributed by atoms with van der Waals surface area (Å²) in [4.78, 5) is 10.9. The van der Waals surface area contributed by atoms with E-state index in [1.165, 1.54) is 0 Å². The Bertz CT molecular complexity index is 454. The molecule has 6 heteroatoms. The third-order valence-electron chi connectivity index (χ3n) is 2.77. The first-order valence-corrected chi connectivity index (χ1v) is 4.50. The van der Waals surface area contributed by atoms with E-state index in [2.05, 4.69) is 0 Å². The Morgan fingerprint density at radius 2 is 1.81 bits per heavy atom. The number of rotatable bonds is 2. The van der Waals surface area contributed by atoms with Gasteiger partial charge < -0.3 is 10.2 Å². The molecule has 0 radical (unpaired) electrons. The van der Waals surface area contributed by atoms with Crippen LogP contribution in [-0.4, -0.2) is 16.2 Å². The lowest BCUT2D eigenvalue weighted by molar-refractivity contribution is -0.140. The number of halogens is 3. The highest BCUT2D eigenvalue weighted by Crippen LogP contribution is 2.51. The maximum absolute atomic E-state index is 13.4. The molecule has 2 N–H and O–H groups in total. The Morgan fingerprint density at radius 1 is 1.25 bits per heavy atom. The summed E-state index contributed by atoms with van der Waals surface area (Å²) in [5.41, 5.74) is -2.62. The number of aromatic hydroxyl groups is 1. The number of phenols is 1. The smallest absolute Gasteiger partial charge is 0.314 e. The van der Waals surface area contributed by atoms with Crippen LogP contribution in [0, 0.1) is 17.5 Å². The van der Waals surface area contributed by atoms with Gasteiger partial charge in [-0.1, -0.05) is 0 Å². The van der Waals surface area contributed by atoms with E-state index in [0.29, 0.717) is 0 Å². The molecule has 1 aliphatic rings. The molecule has 1 saturated carbocycles. The molecule has 0 aromatic heterocycles. The number of benzene rings is 1. The molecule has 0 heterocycles. The zero-order chi connectivity index (χ0) is 12.1. The fraction of sp³-hybridized carbons (Fsp3) is 0.300. The first-order valence-electron chi connectivity index (χ1n) is 4.50. The topological polar surface area (TPSA) is 57.5 Å². The Labute approximate surface area is 88.1 Å². The van der Waals surface area contributed by atoms with Gasteiger partial charge in [0.15, 0.2) is 23.2 Å². The van der Waals surface area contributed by atoms with Gasteiger partial charge in [0, 0.05) is 11.6 Å². The molecular weight excluding hydrogens is 225 g/mol. The van der Waals surface area contributed by atoms with Crippen LogP contribution in [0.4, 0.5) is 13.2 Å². The zero-order valence-electron chi connectivity index (χ0n) is 7.93. The van der Waals surface area contributed by atoms with Gasteiger partial charge in [0.25, 0.3) is 0 Å². The second kappa shape index (κ2) is 3.13. The summed E-state index contributed by atoms with van der Waals surface area (Å²) in [7, 11) is 0. The van der Waals surface area contributed by atoms with Crippen LogP contribution in [0.2, 0.25) is 0 Å². The van der Waals surface area contributed by atoms with E-state index in [0.717, 1.165) is 0 Å². The van der Waals surface area contributed by atoms with Crippen molar-refractivity contribution in [1.29, 1.82) is 0 Å². The second-order valence-corrected chi connectivity index (χ2v) is 3.77. The number of hydrogen-bond acceptors (Lipinski definition) is 2. The summed E-state index contributed by atoms with van der Waals surface area (Å²) >= 11 is 0. The van der Waals surface area contributed by atoms with Crippen LogP contribution in [0.3, 0.4) is 0 Å². The van der Waals surface area contributed by atoms with Crippen molar-refractivity contribution in [2.75, 3.05) is 0 Å². The number of carbonyl (C=O) groups is 1. The molecule has 16 heavy (non-hydrogen) atoms. The largest absolute Gasteiger partial charge is 0.505 e. The average molecular weight is 232 g/mol. The minimum atomic E-state index is -1.73. The van der Waals surface area contributed by atoms with Gasteiger partial charge >= 0.3 is 5.97 Å². The molecule has 1 aromatic carbocycles. The molecule has 0 amide bonds. The summed E-state index contributed by atoms with van der Waals surface area (Å²) in [5, 5.41) is 17.9. The third kappa shape index (κ3) is 1.26. The van der Waals surface area contributed by atoms with Gasteiger partial charge in [0.2, 0.25) is 0 Å². The lowest BCUT2D eigenvalue weighted by atomic mass is 9.94. The molecular formula is C10H7F3O3. The van der Waals surface area contributed by atoms with Crippen molar-refractivity contribution in [3.63, 3.8) is 0 Å². The summed E-state index contributed by atoms with van der Waals surface area (Å²) in [6, 6.07) is 0.284. The van der Waals surface area contributed by atoms with Gasteiger partial charge in [0.05, 0.1) is 5.41 Å². The van der Waals surface area contributed by atoms with Crippen molar-refractivity contribution in [2.24, 2.45) is 0 Å². The van der Waals surface area contributed by atoms with Crippen LogP contribution >= 0.6 is 0 Å². The first kappa shape index (κ1) is 10.8. The van der Waals surface area contributed by atoms with Crippen LogP contribution in [0.5, 0.6) is 5.75 Å². The van der Waals surface area contributed by atoms with Gasteiger partial charge in [0.1, 0.15) is 0 Å². The number of aliphatic carboxylic acids is 1. The van der Waals surface area contributed by atoms with E-state index < -0.39 is 40.1 Å². The van der Waals surface area contributed by atoms with E-state index >= 15 is 0 Å². The number of carboxylic acids is 1. The van der Waals surface area contributed by atoms with Crippen molar-refractivity contribution < 1.29 is 28.2 Å². The van der Waals surface area contributed by atoms with E-state index in [1.807, 2.05) is 0 Å². The van der Waals surface area contributed by atoms with Crippen LogP contribution < -0.4 is 0 Å². The molecule has 0 spiro atoms. The Hall–Kier alpha value is -1.72. The fourth-order valence-electron chi connectivity index (χ4n) is 1.71. The summed E-state index contributed by atoms with van der Waals surface area (Å²) < 4.78 is 39.7. The van der Waals surface area contributed by atoms with Gasteiger partial charge in [-0.15, -0.1) is 0 Å². The standard InChI is InChI=1S/C10H7F3O3/c11-4-3-5(14)8(13)6(7(4)12)10(1-2-10)9(15)16/h3,14H,1-2H2,(H,15,16). The summed E-state index contributed by atoms with van der Waals surface area (Å²) in [5.74, 6) is -6.91. The van der Waals surface area contributed by atoms with E-state index in [9.17, 15) is 18.0 Å². The van der Waals surface area contributed by atoms with Crippen molar-refractivity contribution in [1.82, 2.24) is 0 Å². The normalized spacial score (nSPS) is 17.2. The molecule has 86 valence electrons. The monoisotopic (exact) mass is 232 g/mol. The average Bonchev–Trinajstić information content (AvgIpc) is 2.97. The molecule has 0 saturated heterocycles. The minimum Gasteiger partial charge on any atom is -0.505 e. The maximum Gasteiger partial charge on any atom is 0.314 e. The summed E-state index contributed by atoms with van der Waals surface area (Å²) in [6.07, 6.45) is 0.0537. The SMILES string of the molecule is O=C(O)C1(c2c(F)c(O)cc(F)c2F)CC1. The Balaban J connectivity index is 2.70. The van der Waals surface area contributed by atoms with Crippen LogP contribution in [-0.2, 0) is 10.2 Å². The summed E-state index contributed by atoms with van der Waals surface area (Å²) in [6.45, 7) is 0. The predicted molar refractivity (Wildman–Crippen MR) is 46.5 cm³/mol. The molecule has 2 rings (SSSR count). The quantitative estimate of drug-likeness (QED) is 0.766. The molecule has 0 atom stereocenters. The molecule has 3 nitrogen and oxygen atoms in total. The predicted octanol–water partition coefficient (Wildman–Crippen LogP) is 1.93. The molecule has 1 aromatic rings. The Kier molecular flexibility index (Phi) is 2.11. The van der Waals surface area contributed by atoms with Crippen molar-refractivity contribution in [3.8, 4) is 5.75 Å². The highest BCUT2D eigenvalue weighted by Gasteiger charge is 2.55. The molecule has 1 fully saturated rings.